The van der Waals surface area contributed by atoms with Crippen molar-refractivity contribution in [2.75, 3.05) is 11.4 Å². The molecule has 4 nitrogen and oxygen atoms in total. The van der Waals surface area contributed by atoms with Gasteiger partial charge in [0.2, 0.25) is 11.8 Å². The number of hydrogen-bond donors (Lipinski definition) is 1. The highest BCUT2D eigenvalue weighted by Gasteiger charge is 2.30. The summed E-state index contributed by atoms with van der Waals surface area (Å²) in [6.45, 7) is 2.58. The molecular formula is C20H20F2N2O2. The molecule has 2 amide bonds. The van der Waals surface area contributed by atoms with Crippen LogP contribution in [0.15, 0.2) is 42.5 Å². The summed E-state index contributed by atoms with van der Waals surface area (Å²) in [4.78, 5) is 26.6. The number of hydrogen-bond acceptors (Lipinski definition) is 2. The lowest BCUT2D eigenvalue weighted by atomic mass is 10.0. The maximum atomic E-state index is 13.3. The third-order valence-electron chi connectivity index (χ3n) is 4.47. The van der Waals surface area contributed by atoms with Crippen molar-refractivity contribution in [3.63, 3.8) is 0 Å². The van der Waals surface area contributed by atoms with E-state index in [1.54, 1.807) is 4.90 Å². The van der Waals surface area contributed by atoms with E-state index in [1.165, 1.54) is 6.07 Å². The molecule has 0 saturated carbocycles. The normalized spacial score (nSPS) is 17.3. The van der Waals surface area contributed by atoms with Crippen LogP contribution in [-0.2, 0) is 16.0 Å². The molecule has 1 aliphatic heterocycles. The molecule has 0 aromatic heterocycles. The maximum absolute atomic E-state index is 13.3. The Bertz CT molecular complexity index is 821. The zero-order valence-corrected chi connectivity index (χ0v) is 14.5. The van der Waals surface area contributed by atoms with E-state index in [0.717, 1.165) is 29.8 Å². The third kappa shape index (κ3) is 4.07. The van der Waals surface area contributed by atoms with Crippen LogP contribution < -0.4 is 10.2 Å². The van der Waals surface area contributed by atoms with E-state index in [4.69, 9.17) is 0 Å². The zero-order valence-electron chi connectivity index (χ0n) is 14.5. The summed E-state index contributed by atoms with van der Waals surface area (Å²) in [6, 6.07) is 10.4. The molecule has 1 atom stereocenters. The Balaban J connectivity index is 1.65. The summed E-state index contributed by atoms with van der Waals surface area (Å²) in [5.74, 6) is -2.49. The standard InChI is InChI=1S/C20H20F2N2O2/c1-13-4-7-15(8-5-13)24-10-2-3-18(20(24)26)23-19(25)12-14-6-9-16(21)17(22)11-14/h4-9,11,18H,2-3,10,12H2,1H3,(H,23,25)/t18-/m1/s1. The number of rotatable bonds is 4. The van der Waals surface area contributed by atoms with Gasteiger partial charge in [-0.05, 0) is 49.6 Å². The first-order valence-corrected chi connectivity index (χ1v) is 8.55. The second kappa shape index (κ2) is 7.64. The Morgan fingerprint density at radius 1 is 1.15 bits per heavy atom. The van der Waals surface area contributed by atoms with Gasteiger partial charge >= 0.3 is 0 Å². The molecule has 0 unspecified atom stereocenters. The summed E-state index contributed by atoms with van der Waals surface area (Å²) in [5.41, 5.74) is 2.27. The fraction of sp³-hybridized carbons (Fsp3) is 0.300. The number of benzene rings is 2. The van der Waals surface area contributed by atoms with E-state index in [0.29, 0.717) is 18.5 Å². The largest absolute Gasteiger partial charge is 0.344 e. The maximum Gasteiger partial charge on any atom is 0.249 e. The van der Waals surface area contributed by atoms with Crippen molar-refractivity contribution in [2.24, 2.45) is 0 Å². The van der Waals surface area contributed by atoms with Crippen LogP contribution in [-0.4, -0.2) is 24.4 Å². The highest BCUT2D eigenvalue weighted by molar-refractivity contribution is 6.00. The SMILES string of the molecule is Cc1ccc(N2CCC[C@@H](NC(=O)Cc3ccc(F)c(F)c3)C2=O)cc1. The van der Waals surface area contributed by atoms with Crippen molar-refractivity contribution >= 4 is 17.5 Å². The lowest BCUT2D eigenvalue weighted by Gasteiger charge is -2.32. The fourth-order valence-electron chi connectivity index (χ4n) is 3.07. The van der Waals surface area contributed by atoms with Crippen LogP contribution in [0.25, 0.3) is 0 Å². The molecule has 6 heteroatoms. The number of halogens is 2. The number of amides is 2. The fourth-order valence-corrected chi connectivity index (χ4v) is 3.07. The Kier molecular flexibility index (Phi) is 5.30. The van der Waals surface area contributed by atoms with Crippen LogP contribution in [0.5, 0.6) is 0 Å². The van der Waals surface area contributed by atoms with E-state index in [9.17, 15) is 18.4 Å². The lowest BCUT2D eigenvalue weighted by molar-refractivity contribution is -0.128. The Morgan fingerprint density at radius 2 is 1.88 bits per heavy atom. The van der Waals surface area contributed by atoms with E-state index in [-0.39, 0.29) is 18.2 Å². The predicted molar refractivity (Wildman–Crippen MR) is 94.8 cm³/mol. The van der Waals surface area contributed by atoms with Crippen LogP contribution in [0.3, 0.4) is 0 Å². The van der Waals surface area contributed by atoms with E-state index >= 15 is 0 Å². The molecule has 1 heterocycles. The molecule has 0 radical (unpaired) electrons. The summed E-state index contributed by atoms with van der Waals surface area (Å²) in [6.07, 6.45) is 1.23. The zero-order chi connectivity index (χ0) is 18.7. The molecule has 3 rings (SSSR count). The van der Waals surface area contributed by atoms with E-state index in [1.807, 2.05) is 31.2 Å². The van der Waals surface area contributed by atoms with Crippen LogP contribution in [0.2, 0.25) is 0 Å². The highest BCUT2D eigenvalue weighted by atomic mass is 19.2. The number of aryl methyl sites for hydroxylation is 1. The van der Waals surface area contributed by atoms with Gasteiger partial charge in [0.15, 0.2) is 11.6 Å². The van der Waals surface area contributed by atoms with Gasteiger partial charge in [-0.2, -0.15) is 0 Å². The molecule has 2 aromatic rings. The van der Waals surface area contributed by atoms with Gasteiger partial charge in [-0.15, -0.1) is 0 Å². The average molecular weight is 358 g/mol. The molecule has 1 aliphatic rings. The molecule has 1 N–H and O–H groups in total. The number of anilines is 1. The van der Waals surface area contributed by atoms with Crippen molar-refractivity contribution < 1.29 is 18.4 Å². The highest BCUT2D eigenvalue weighted by Crippen LogP contribution is 2.21. The van der Waals surface area contributed by atoms with E-state index < -0.39 is 17.7 Å². The Hall–Kier alpha value is -2.76. The Labute approximate surface area is 150 Å². The molecule has 0 aliphatic carbocycles. The number of carbonyl (C=O) groups excluding carboxylic acids is 2. The monoisotopic (exact) mass is 358 g/mol. The second-order valence-corrected chi connectivity index (χ2v) is 6.51. The minimum absolute atomic E-state index is 0.106. The summed E-state index contributed by atoms with van der Waals surface area (Å²) in [5, 5.41) is 2.72. The van der Waals surface area contributed by atoms with Crippen LogP contribution >= 0.6 is 0 Å². The summed E-state index contributed by atoms with van der Waals surface area (Å²) < 4.78 is 26.2. The molecule has 1 fully saturated rings. The molecule has 1 saturated heterocycles. The van der Waals surface area contributed by atoms with E-state index in [2.05, 4.69) is 5.32 Å². The van der Waals surface area contributed by atoms with Gasteiger partial charge < -0.3 is 10.2 Å². The van der Waals surface area contributed by atoms with Gasteiger partial charge in [0.25, 0.3) is 0 Å². The van der Waals surface area contributed by atoms with Crippen molar-refractivity contribution in [1.29, 1.82) is 0 Å². The number of piperidine rings is 1. The predicted octanol–water partition coefficient (Wildman–Crippen LogP) is 3.13. The summed E-state index contributed by atoms with van der Waals surface area (Å²) in [7, 11) is 0. The van der Waals surface area contributed by atoms with Crippen LogP contribution in [0, 0.1) is 18.6 Å². The van der Waals surface area contributed by atoms with Gasteiger partial charge in [0, 0.05) is 12.2 Å². The van der Waals surface area contributed by atoms with Crippen molar-refractivity contribution in [1.82, 2.24) is 5.32 Å². The van der Waals surface area contributed by atoms with Gasteiger partial charge in [0.1, 0.15) is 6.04 Å². The van der Waals surface area contributed by atoms with Gasteiger partial charge in [-0.25, -0.2) is 8.78 Å². The molecule has 0 spiro atoms. The third-order valence-corrected chi connectivity index (χ3v) is 4.47. The Morgan fingerprint density at radius 3 is 2.58 bits per heavy atom. The quantitative estimate of drug-likeness (QED) is 0.913. The molecule has 26 heavy (non-hydrogen) atoms. The van der Waals surface area contributed by atoms with Gasteiger partial charge in [-0.3, -0.25) is 9.59 Å². The second-order valence-electron chi connectivity index (χ2n) is 6.51. The number of nitrogens with zero attached hydrogens (tertiary/aromatic N) is 1. The summed E-state index contributed by atoms with van der Waals surface area (Å²) >= 11 is 0. The molecule has 2 aromatic carbocycles. The van der Waals surface area contributed by atoms with Gasteiger partial charge in [-0.1, -0.05) is 23.8 Å². The minimum atomic E-state index is -0.991. The first kappa shape index (κ1) is 18.0. The smallest absolute Gasteiger partial charge is 0.249 e. The average Bonchev–Trinajstić information content (AvgIpc) is 2.61. The first-order valence-electron chi connectivity index (χ1n) is 8.55. The van der Waals surface area contributed by atoms with Crippen molar-refractivity contribution in [3.8, 4) is 0 Å². The van der Waals surface area contributed by atoms with Crippen molar-refractivity contribution in [3.05, 3.63) is 65.2 Å². The number of carbonyl (C=O) groups is 2. The van der Waals surface area contributed by atoms with Gasteiger partial charge in [0.05, 0.1) is 6.42 Å². The minimum Gasteiger partial charge on any atom is -0.344 e. The van der Waals surface area contributed by atoms with Crippen molar-refractivity contribution in [2.45, 2.75) is 32.2 Å². The molecule has 0 bridgehead atoms. The number of nitrogens with one attached hydrogen (secondary N) is 1. The van der Waals surface area contributed by atoms with Crippen LogP contribution in [0.1, 0.15) is 24.0 Å². The molecule has 136 valence electrons. The first-order chi connectivity index (χ1) is 12.4. The topological polar surface area (TPSA) is 49.4 Å². The molecular weight excluding hydrogens is 338 g/mol. The lowest BCUT2D eigenvalue weighted by Crippen LogP contribution is -2.52. The van der Waals surface area contributed by atoms with Crippen LogP contribution in [0.4, 0.5) is 14.5 Å².